The fraction of sp³-hybridized carbons (Fsp3) is 0.381. The Morgan fingerprint density at radius 2 is 1.83 bits per heavy atom. The fourth-order valence-electron chi connectivity index (χ4n) is 3.12. The summed E-state index contributed by atoms with van der Waals surface area (Å²) in [5.41, 5.74) is 2.99. The van der Waals surface area contributed by atoms with Crippen LogP contribution >= 0.6 is 0 Å². The number of benzene rings is 2. The minimum absolute atomic E-state index is 0.0268. The maximum Gasteiger partial charge on any atom is 0.215 e. The average Bonchev–Trinajstić information content (AvgIpc) is 3.14. The standard InChI is InChI=1S/C21H28N4O3S/c1-3-23-21(25-14-19-12-18-6-4-5-7-20(18)28-19)24-13-16-8-10-17(11-9-16)15-29(26,27)22-2/h4-11,19,22H,3,12-15H2,1-2H3,(H2,23,24,25). The number of nitrogens with zero attached hydrogens (tertiary/aromatic N) is 1. The van der Waals surface area contributed by atoms with Gasteiger partial charge < -0.3 is 15.4 Å². The van der Waals surface area contributed by atoms with Crippen LogP contribution in [0.4, 0.5) is 0 Å². The van der Waals surface area contributed by atoms with E-state index in [1.807, 2.05) is 49.4 Å². The molecule has 1 unspecified atom stereocenters. The van der Waals surface area contributed by atoms with Crippen molar-refractivity contribution in [3.05, 3.63) is 65.2 Å². The summed E-state index contributed by atoms with van der Waals surface area (Å²) in [4.78, 5) is 4.62. The number of nitrogens with one attached hydrogen (secondary N) is 3. The lowest BCUT2D eigenvalue weighted by Gasteiger charge is -2.15. The molecule has 3 rings (SSSR count). The van der Waals surface area contributed by atoms with E-state index in [-0.39, 0.29) is 11.9 Å². The largest absolute Gasteiger partial charge is 0.488 e. The molecule has 1 atom stereocenters. The molecule has 156 valence electrons. The topological polar surface area (TPSA) is 91.8 Å². The Hall–Kier alpha value is -2.58. The molecule has 1 aliphatic heterocycles. The lowest BCUT2D eigenvalue weighted by molar-refractivity contribution is 0.235. The molecule has 0 radical (unpaired) electrons. The van der Waals surface area contributed by atoms with Crippen molar-refractivity contribution in [3.63, 3.8) is 0 Å². The molecule has 0 spiro atoms. The molecular weight excluding hydrogens is 388 g/mol. The average molecular weight is 417 g/mol. The van der Waals surface area contributed by atoms with Gasteiger partial charge in [-0.25, -0.2) is 18.1 Å². The Bertz CT molecular complexity index is 918. The van der Waals surface area contributed by atoms with Crippen molar-refractivity contribution in [2.45, 2.75) is 31.7 Å². The number of aliphatic imine (C=N–C) groups is 1. The Morgan fingerprint density at radius 1 is 1.10 bits per heavy atom. The zero-order valence-corrected chi connectivity index (χ0v) is 17.6. The van der Waals surface area contributed by atoms with E-state index in [0.29, 0.717) is 13.1 Å². The van der Waals surface area contributed by atoms with Gasteiger partial charge in [0.05, 0.1) is 18.8 Å². The van der Waals surface area contributed by atoms with E-state index in [1.165, 1.54) is 12.6 Å². The van der Waals surface area contributed by atoms with Gasteiger partial charge in [-0.05, 0) is 36.7 Å². The van der Waals surface area contributed by atoms with Crippen LogP contribution in [0.25, 0.3) is 0 Å². The summed E-state index contributed by atoms with van der Waals surface area (Å²) >= 11 is 0. The van der Waals surface area contributed by atoms with Gasteiger partial charge >= 0.3 is 0 Å². The summed E-state index contributed by atoms with van der Waals surface area (Å²) in [5.74, 6) is 1.66. The summed E-state index contributed by atoms with van der Waals surface area (Å²) in [6.07, 6.45) is 0.976. The van der Waals surface area contributed by atoms with Crippen LogP contribution in [0.5, 0.6) is 5.75 Å². The quantitative estimate of drug-likeness (QED) is 0.451. The normalized spacial score (nSPS) is 16.2. The molecule has 29 heavy (non-hydrogen) atoms. The van der Waals surface area contributed by atoms with Gasteiger partial charge in [0.2, 0.25) is 10.0 Å². The molecule has 1 heterocycles. The summed E-state index contributed by atoms with van der Waals surface area (Å²) in [6.45, 7) is 3.95. The van der Waals surface area contributed by atoms with E-state index in [4.69, 9.17) is 4.74 Å². The molecule has 3 N–H and O–H groups in total. The number of para-hydroxylation sites is 1. The zero-order valence-electron chi connectivity index (χ0n) is 16.8. The molecule has 0 saturated carbocycles. The SMILES string of the molecule is CCNC(=NCc1ccc(CS(=O)(=O)NC)cc1)NCC1Cc2ccccc2O1. The van der Waals surface area contributed by atoms with Crippen LogP contribution < -0.4 is 20.1 Å². The molecule has 0 bridgehead atoms. The number of hydrogen-bond acceptors (Lipinski definition) is 4. The van der Waals surface area contributed by atoms with Crippen molar-refractivity contribution in [2.24, 2.45) is 4.99 Å². The van der Waals surface area contributed by atoms with Crippen LogP contribution in [0.3, 0.4) is 0 Å². The highest BCUT2D eigenvalue weighted by Crippen LogP contribution is 2.27. The van der Waals surface area contributed by atoms with Gasteiger partial charge in [0, 0.05) is 13.0 Å². The third kappa shape index (κ3) is 6.20. The van der Waals surface area contributed by atoms with Crippen molar-refractivity contribution in [3.8, 4) is 5.75 Å². The number of fused-ring (bicyclic) bond motifs is 1. The smallest absolute Gasteiger partial charge is 0.215 e. The van der Waals surface area contributed by atoms with Gasteiger partial charge in [0.1, 0.15) is 11.9 Å². The number of rotatable bonds is 8. The molecule has 0 amide bonds. The first-order valence-electron chi connectivity index (χ1n) is 9.75. The summed E-state index contributed by atoms with van der Waals surface area (Å²) < 4.78 is 31.6. The molecule has 0 aromatic heterocycles. The highest BCUT2D eigenvalue weighted by molar-refractivity contribution is 7.88. The van der Waals surface area contributed by atoms with E-state index < -0.39 is 10.0 Å². The maximum absolute atomic E-state index is 11.6. The second-order valence-electron chi connectivity index (χ2n) is 6.91. The van der Waals surface area contributed by atoms with Gasteiger partial charge in [-0.2, -0.15) is 0 Å². The minimum Gasteiger partial charge on any atom is -0.488 e. The van der Waals surface area contributed by atoms with Crippen molar-refractivity contribution in [1.29, 1.82) is 0 Å². The molecule has 0 fully saturated rings. The van der Waals surface area contributed by atoms with Gasteiger partial charge in [-0.1, -0.05) is 42.5 Å². The van der Waals surface area contributed by atoms with E-state index in [1.54, 1.807) is 0 Å². The minimum atomic E-state index is -3.26. The van der Waals surface area contributed by atoms with Crippen molar-refractivity contribution < 1.29 is 13.2 Å². The molecule has 7 nitrogen and oxygen atoms in total. The lowest BCUT2D eigenvalue weighted by atomic mass is 10.1. The second-order valence-corrected chi connectivity index (χ2v) is 8.83. The Morgan fingerprint density at radius 3 is 2.52 bits per heavy atom. The predicted molar refractivity (Wildman–Crippen MR) is 116 cm³/mol. The predicted octanol–water partition coefficient (Wildman–Crippen LogP) is 1.79. The maximum atomic E-state index is 11.6. The monoisotopic (exact) mass is 416 g/mol. The summed E-state index contributed by atoms with van der Waals surface area (Å²) in [7, 11) is -1.84. The summed E-state index contributed by atoms with van der Waals surface area (Å²) in [6, 6.07) is 15.6. The van der Waals surface area contributed by atoms with E-state index in [2.05, 4.69) is 26.4 Å². The second kappa shape index (κ2) is 9.76. The van der Waals surface area contributed by atoms with Crippen LogP contribution in [0.15, 0.2) is 53.5 Å². The first kappa shape index (κ1) is 21.1. The molecule has 8 heteroatoms. The number of ether oxygens (including phenoxy) is 1. The first-order valence-corrected chi connectivity index (χ1v) is 11.4. The molecule has 0 aliphatic carbocycles. The zero-order chi connectivity index (χ0) is 20.7. The van der Waals surface area contributed by atoms with Crippen LogP contribution in [0, 0.1) is 0 Å². The Balaban J connectivity index is 1.54. The van der Waals surface area contributed by atoms with Crippen molar-refractivity contribution in [1.82, 2.24) is 15.4 Å². The lowest BCUT2D eigenvalue weighted by Crippen LogP contribution is -2.42. The van der Waals surface area contributed by atoms with E-state index >= 15 is 0 Å². The molecule has 2 aromatic carbocycles. The van der Waals surface area contributed by atoms with Crippen LogP contribution in [0.2, 0.25) is 0 Å². The number of guanidine groups is 1. The van der Waals surface area contributed by atoms with Crippen LogP contribution in [0.1, 0.15) is 23.6 Å². The highest BCUT2D eigenvalue weighted by atomic mass is 32.2. The molecule has 1 aliphatic rings. The Kier molecular flexibility index (Phi) is 7.11. The third-order valence-corrected chi connectivity index (χ3v) is 6.00. The number of sulfonamides is 1. The number of hydrogen-bond donors (Lipinski definition) is 3. The Labute approximate surface area is 172 Å². The van der Waals surface area contributed by atoms with E-state index in [0.717, 1.165) is 35.8 Å². The fourth-order valence-corrected chi connectivity index (χ4v) is 3.90. The van der Waals surface area contributed by atoms with Gasteiger partial charge in [0.25, 0.3) is 0 Å². The molecular formula is C21H28N4O3S. The van der Waals surface area contributed by atoms with Crippen LogP contribution in [-0.4, -0.2) is 40.6 Å². The van der Waals surface area contributed by atoms with Gasteiger partial charge in [-0.3, -0.25) is 0 Å². The van der Waals surface area contributed by atoms with Crippen molar-refractivity contribution in [2.75, 3.05) is 20.1 Å². The highest BCUT2D eigenvalue weighted by Gasteiger charge is 2.22. The molecule has 0 saturated heterocycles. The first-order chi connectivity index (χ1) is 14.0. The van der Waals surface area contributed by atoms with Crippen LogP contribution in [-0.2, 0) is 28.7 Å². The molecule has 2 aromatic rings. The van der Waals surface area contributed by atoms with E-state index in [9.17, 15) is 8.42 Å². The summed E-state index contributed by atoms with van der Waals surface area (Å²) in [5, 5.41) is 6.59. The van der Waals surface area contributed by atoms with Gasteiger partial charge in [-0.15, -0.1) is 0 Å². The van der Waals surface area contributed by atoms with Gasteiger partial charge in [0.15, 0.2) is 5.96 Å². The van der Waals surface area contributed by atoms with Crippen molar-refractivity contribution >= 4 is 16.0 Å². The third-order valence-electron chi connectivity index (χ3n) is 4.67.